The van der Waals surface area contributed by atoms with E-state index in [2.05, 4.69) is 30.2 Å². The third kappa shape index (κ3) is 5.43. The number of aliphatic imine (C=N–C) groups is 1. The highest BCUT2D eigenvalue weighted by Crippen LogP contribution is 2.35. The van der Waals surface area contributed by atoms with Gasteiger partial charge in [-0.05, 0) is 18.1 Å². The number of quaternary nitrogens is 1. The number of nitrogen functional groups attached to an aromatic ring is 2. The van der Waals surface area contributed by atoms with Crippen LogP contribution < -0.4 is 27.4 Å². The molecule has 2 aromatic rings. The Bertz CT molecular complexity index is 1230. The number of piperazine rings is 1. The van der Waals surface area contributed by atoms with E-state index in [9.17, 15) is 9.59 Å². The Balaban J connectivity index is 1.19. The first-order valence-corrected chi connectivity index (χ1v) is 13.1. The zero-order valence-corrected chi connectivity index (χ0v) is 21.8. The van der Waals surface area contributed by atoms with Gasteiger partial charge in [0.15, 0.2) is 35.0 Å². The molecule has 6 heterocycles. The third-order valence-corrected chi connectivity index (χ3v) is 8.09. The highest BCUT2D eigenvalue weighted by molar-refractivity contribution is 6.31. The molecule has 6 rings (SSSR count). The maximum absolute atomic E-state index is 13.3. The summed E-state index contributed by atoms with van der Waals surface area (Å²) in [5.74, 6) is 0.570. The van der Waals surface area contributed by atoms with Crippen LogP contribution in [-0.4, -0.2) is 101 Å². The second-order valence-electron chi connectivity index (χ2n) is 10.2. The van der Waals surface area contributed by atoms with E-state index < -0.39 is 5.91 Å². The van der Waals surface area contributed by atoms with Crippen molar-refractivity contribution in [1.82, 2.24) is 25.2 Å². The van der Waals surface area contributed by atoms with E-state index in [-0.39, 0.29) is 40.4 Å². The number of nitrogens with zero attached hydrogens (tertiary/aromatic N) is 7. The highest BCUT2D eigenvalue weighted by atomic mass is 35.5. The number of carbonyl (C=O) groups is 2. The van der Waals surface area contributed by atoms with Crippen LogP contribution in [0.1, 0.15) is 23.3 Å². The molecule has 4 aliphatic heterocycles. The molecule has 0 saturated carbocycles. The highest BCUT2D eigenvalue weighted by Gasteiger charge is 2.47. The van der Waals surface area contributed by atoms with E-state index >= 15 is 0 Å². The van der Waals surface area contributed by atoms with E-state index in [0.29, 0.717) is 36.6 Å². The molecule has 0 spiro atoms. The Labute approximate surface area is 225 Å². The molecule has 4 aliphatic rings. The summed E-state index contributed by atoms with van der Waals surface area (Å²) in [7, 11) is 0. The fraction of sp³-hybridized carbons (Fsp3) is 0.500. The molecule has 1 atom stereocenters. The maximum atomic E-state index is 13.3. The lowest BCUT2D eigenvalue weighted by molar-refractivity contribution is -0.936. The van der Waals surface area contributed by atoms with Gasteiger partial charge in [0.25, 0.3) is 11.8 Å². The number of carbonyl (C=O) groups excluding carboxylic acids is 2. The molecule has 0 radical (unpaired) electrons. The van der Waals surface area contributed by atoms with Crippen molar-refractivity contribution < 1.29 is 14.1 Å². The number of nitrogens with two attached hydrogens (primary N) is 3. The topological polar surface area (TPSA) is 182 Å². The van der Waals surface area contributed by atoms with Crippen molar-refractivity contribution in [2.45, 2.75) is 18.9 Å². The van der Waals surface area contributed by atoms with E-state index in [1.54, 1.807) is 6.20 Å². The monoisotopic (exact) mass is 542 g/mol. The lowest BCUT2D eigenvalue weighted by Crippen LogP contribution is -2.66. The summed E-state index contributed by atoms with van der Waals surface area (Å²) in [5.41, 5.74) is 17.3. The van der Waals surface area contributed by atoms with Crippen LogP contribution in [0.3, 0.4) is 0 Å². The first kappa shape index (κ1) is 25.9. The second kappa shape index (κ2) is 10.6. The van der Waals surface area contributed by atoms with Gasteiger partial charge in [0.1, 0.15) is 18.4 Å². The van der Waals surface area contributed by atoms with Gasteiger partial charge < -0.3 is 31.5 Å². The fourth-order valence-electron chi connectivity index (χ4n) is 5.73. The number of pyridine rings is 1. The minimum Gasteiger partial charge on any atom is -0.382 e. The molecule has 0 unspecified atom stereocenters. The van der Waals surface area contributed by atoms with Crippen LogP contribution in [0, 0.1) is 5.92 Å². The van der Waals surface area contributed by atoms with Crippen LogP contribution >= 0.6 is 11.6 Å². The fourth-order valence-corrected chi connectivity index (χ4v) is 5.85. The minimum atomic E-state index is -0.664. The molecule has 2 amide bonds. The van der Waals surface area contributed by atoms with Gasteiger partial charge in [-0.25, -0.2) is 19.9 Å². The van der Waals surface area contributed by atoms with Crippen molar-refractivity contribution >= 4 is 46.8 Å². The molecule has 7 N–H and O–H groups in total. The Hall–Kier alpha value is -3.71. The zero-order chi connectivity index (χ0) is 26.9. The number of amides is 2. The van der Waals surface area contributed by atoms with Gasteiger partial charge in [-0.3, -0.25) is 14.9 Å². The van der Waals surface area contributed by atoms with Crippen molar-refractivity contribution in [3.63, 3.8) is 0 Å². The Morgan fingerprint density at radius 3 is 2.53 bits per heavy atom. The molecule has 13 nitrogen and oxygen atoms in total. The van der Waals surface area contributed by atoms with Gasteiger partial charge in [-0.1, -0.05) is 17.7 Å². The second-order valence-corrected chi connectivity index (χ2v) is 10.6. The predicted molar refractivity (Wildman–Crippen MR) is 144 cm³/mol. The Morgan fingerprint density at radius 1 is 1.11 bits per heavy atom. The van der Waals surface area contributed by atoms with Gasteiger partial charge >= 0.3 is 0 Å². The number of guanidine groups is 1. The molecule has 4 saturated heterocycles. The number of anilines is 3. The van der Waals surface area contributed by atoms with Gasteiger partial charge in [-0.15, -0.1) is 0 Å². The Morgan fingerprint density at radius 2 is 1.84 bits per heavy atom. The van der Waals surface area contributed by atoms with Gasteiger partial charge in [-0.2, -0.15) is 0 Å². The summed E-state index contributed by atoms with van der Waals surface area (Å²) >= 11 is 5.88. The van der Waals surface area contributed by atoms with Crippen molar-refractivity contribution in [1.29, 1.82) is 0 Å². The lowest BCUT2D eigenvalue weighted by atomic mass is 9.82. The van der Waals surface area contributed by atoms with Crippen molar-refractivity contribution in [2.24, 2.45) is 16.6 Å². The predicted octanol–water partition coefficient (Wildman–Crippen LogP) is -0.308. The molecule has 2 bridgehead atoms. The van der Waals surface area contributed by atoms with Crippen molar-refractivity contribution in [3.8, 4) is 0 Å². The molecule has 0 aliphatic carbocycles. The van der Waals surface area contributed by atoms with Crippen LogP contribution in [0.2, 0.25) is 5.15 Å². The van der Waals surface area contributed by atoms with Gasteiger partial charge in [0.05, 0.1) is 13.1 Å². The standard InChI is InChI=1S/C24H32ClN11O2/c25-20-22(27)32-21(26)19(31-20)23(38)33-24(28)30-16-13-36(11-4-15(16)5-12-36)14-18(37)35-9-7-34(8-10-35)17-3-1-2-6-29-17/h1-3,6,15-16H,4-5,7-14H2,(H6-,26,27,28,30,32,33,38)/p+1/t15?,16-,36?/m1/s1. The number of nitrogens with one attached hydrogen (secondary N) is 1. The van der Waals surface area contributed by atoms with Gasteiger partial charge in [0.2, 0.25) is 0 Å². The van der Waals surface area contributed by atoms with Gasteiger partial charge in [0, 0.05) is 45.2 Å². The van der Waals surface area contributed by atoms with Crippen LogP contribution in [0.5, 0.6) is 0 Å². The summed E-state index contributed by atoms with van der Waals surface area (Å²) in [4.78, 5) is 46.9. The average molecular weight is 543 g/mol. The summed E-state index contributed by atoms with van der Waals surface area (Å²) < 4.78 is 0.692. The largest absolute Gasteiger partial charge is 0.382 e. The van der Waals surface area contributed by atoms with Crippen molar-refractivity contribution in [2.75, 3.05) is 68.7 Å². The van der Waals surface area contributed by atoms with E-state index in [0.717, 1.165) is 44.8 Å². The molecule has 38 heavy (non-hydrogen) atoms. The first-order chi connectivity index (χ1) is 18.2. The number of halogens is 1. The zero-order valence-electron chi connectivity index (χ0n) is 21.1. The quantitative estimate of drug-likeness (QED) is 0.224. The van der Waals surface area contributed by atoms with E-state index in [1.807, 2.05) is 23.1 Å². The number of hydrogen-bond acceptors (Lipinski definition) is 9. The van der Waals surface area contributed by atoms with Crippen molar-refractivity contribution in [3.05, 3.63) is 35.2 Å². The molecular formula is C24H33ClN11O2+. The summed E-state index contributed by atoms with van der Waals surface area (Å²) in [6.07, 6.45) is 3.71. The van der Waals surface area contributed by atoms with Crippen LogP contribution in [-0.2, 0) is 4.79 Å². The summed E-state index contributed by atoms with van der Waals surface area (Å²) in [6.45, 7) is 5.93. The lowest BCUT2D eigenvalue weighted by Gasteiger charge is -2.51. The number of hydrogen-bond donors (Lipinski definition) is 4. The normalized spacial score (nSPS) is 25.3. The smallest absolute Gasteiger partial charge is 0.280 e. The van der Waals surface area contributed by atoms with Crippen LogP contribution in [0.15, 0.2) is 29.4 Å². The number of piperidine rings is 3. The van der Waals surface area contributed by atoms with Crippen LogP contribution in [0.4, 0.5) is 17.5 Å². The molecular weight excluding hydrogens is 510 g/mol. The first-order valence-electron chi connectivity index (χ1n) is 12.7. The summed E-state index contributed by atoms with van der Waals surface area (Å²) in [6, 6.07) is 5.78. The molecule has 4 fully saturated rings. The van der Waals surface area contributed by atoms with E-state index in [4.69, 9.17) is 28.8 Å². The number of aromatic nitrogens is 3. The maximum Gasteiger partial charge on any atom is 0.280 e. The molecule has 14 heteroatoms. The Kier molecular flexibility index (Phi) is 7.21. The minimum absolute atomic E-state index is 0.0296. The van der Waals surface area contributed by atoms with Crippen LogP contribution in [0.25, 0.3) is 0 Å². The SMILES string of the molecule is NC(=N[C@@H]1C[N+]2(CC(=O)N3CCN(c4ccccn4)CC3)CCC1CC2)NC(=O)c1nc(Cl)c(N)nc1N. The molecule has 202 valence electrons. The molecule has 2 aromatic heterocycles. The third-order valence-electron chi connectivity index (χ3n) is 7.81. The number of rotatable bonds is 5. The number of fused-ring (bicyclic) bond motifs is 3. The van der Waals surface area contributed by atoms with E-state index in [1.165, 1.54) is 0 Å². The molecule has 0 aromatic carbocycles. The summed E-state index contributed by atoms with van der Waals surface area (Å²) in [5, 5.41) is 2.41. The average Bonchev–Trinajstić information content (AvgIpc) is 2.91.